The number of nitrogens with zero attached hydrogens (tertiary/aromatic N) is 3. The first-order chi connectivity index (χ1) is 7.69. The number of piperazine rings is 1. The van der Waals surface area contributed by atoms with Crippen LogP contribution < -0.4 is 10.2 Å². The second-order valence-corrected chi connectivity index (χ2v) is 4.27. The number of nitriles is 1. The van der Waals surface area contributed by atoms with E-state index in [1.165, 1.54) is 0 Å². The highest BCUT2D eigenvalue weighted by Crippen LogP contribution is 2.16. The summed E-state index contributed by atoms with van der Waals surface area (Å²) < 4.78 is 0. The van der Waals surface area contributed by atoms with Crippen molar-refractivity contribution in [3.05, 3.63) is 23.4 Å². The second-order valence-electron chi connectivity index (χ2n) is 4.27. The zero-order chi connectivity index (χ0) is 11.5. The summed E-state index contributed by atoms with van der Waals surface area (Å²) in [7, 11) is 0. The molecule has 0 saturated carbocycles. The summed E-state index contributed by atoms with van der Waals surface area (Å²) >= 11 is 0. The van der Waals surface area contributed by atoms with Gasteiger partial charge in [0.05, 0.1) is 11.6 Å². The van der Waals surface area contributed by atoms with Gasteiger partial charge in [0.15, 0.2) is 0 Å². The molecule has 2 rings (SSSR count). The third-order valence-corrected chi connectivity index (χ3v) is 2.76. The van der Waals surface area contributed by atoms with Gasteiger partial charge in [0.1, 0.15) is 5.82 Å². The maximum atomic E-state index is 8.93. The molecule has 2 heterocycles. The molecule has 1 atom stereocenters. The van der Waals surface area contributed by atoms with Crippen LogP contribution in [0, 0.1) is 18.3 Å². The van der Waals surface area contributed by atoms with Crippen molar-refractivity contribution < 1.29 is 0 Å². The Hall–Kier alpha value is -1.60. The minimum Gasteiger partial charge on any atom is -0.354 e. The molecule has 0 spiro atoms. The summed E-state index contributed by atoms with van der Waals surface area (Å²) in [6.45, 7) is 6.95. The topological polar surface area (TPSA) is 52.0 Å². The van der Waals surface area contributed by atoms with Gasteiger partial charge in [0.2, 0.25) is 0 Å². The predicted molar refractivity (Wildman–Crippen MR) is 63.4 cm³/mol. The molecule has 1 fully saturated rings. The standard InChI is InChI=1S/C12H16N4/c1-9-5-11(7-13)6-12(15-9)16-4-3-14-10(2)8-16/h5-6,10,14H,3-4,8H2,1-2H3/t10-/m1/s1. The fourth-order valence-electron chi connectivity index (χ4n) is 2.02. The Morgan fingerprint density at radius 3 is 3.06 bits per heavy atom. The quantitative estimate of drug-likeness (QED) is 0.762. The van der Waals surface area contributed by atoms with Crippen LogP contribution in [0.5, 0.6) is 0 Å². The molecule has 1 aliphatic heterocycles. The summed E-state index contributed by atoms with van der Waals surface area (Å²) in [5.74, 6) is 0.921. The van der Waals surface area contributed by atoms with Crippen LogP contribution in [-0.4, -0.2) is 30.7 Å². The average Bonchev–Trinajstić information content (AvgIpc) is 2.28. The maximum absolute atomic E-state index is 8.93. The minimum absolute atomic E-state index is 0.474. The summed E-state index contributed by atoms with van der Waals surface area (Å²) in [4.78, 5) is 6.72. The zero-order valence-electron chi connectivity index (χ0n) is 9.70. The zero-order valence-corrected chi connectivity index (χ0v) is 9.70. The normalized spacial score (nSPS) is 20.6. The van der Waals surface area contributed by atoms with E-state index in [1.54, 1.807) is 0 Å². The highest BCUT2D eigenvalue weighted by atomic mass is 15.2. The van der Waals surface area contributed by atoms with Crippen molar-refractivity contribution in [3.63, 3.8) is 0 Å². The molecule has 1 saturated heterocycles. The number of hydrogen-bond acceptors (Lipinski definition) is 4. The Labute approximate surface area is 95.9 Å². The Balaban J connectivity index is 2.26. The SMILES string of the molecule is Cc1cc(C#N)cc(N2CCN[C@H](C)C2)n1. The van der Waals surface area contributed by atoms with Crippen molar-refractivity contribution in [1.82, 2.24) is 10.3 Å². The summed E-state index contributed by atoms with van der Waals surface area (Å²) in [5, 5.41) is 12.3. The van der Waals surface area contributed by atoms with Crippen LogP contribution in [0.2, 0.25) is 0 Å². The number of anilines is 1. The monoisotopic (exact) mass is 216 g/mol. The van der Waals surface area contributed by atoms with Crippen LogP contribution in [0.4, 0.5) is 5.82 Å². The van der Waals surface area contributed by atoms with Gasteiger partial charge >= 0.3 is 0 Å². The largest absolute Gasteiger partial charge is 0.354 e. The molecule has 0 aliphatic carbocycles. The number of hydrogen-bond donors (Lipinski definition) is 1. The molecule has 0 amide bonds. The molecule has 16 heavy (non-hydrogen) atoms. The third kappa shape index (κ3) is 2.31. The lowest BCUT2D eigenvalue weighted by molar-refractivity contribution is 0.482. The van der Waals surface area contributed by atoms with E-state index < -0.39 is 0 Å². The molecule has 0 bridgehead atoms. The van der Waals surface area contributed by atoms with E-state index in [1.807, 2.05) is 19.1 Å². The molecular weight excluding hydrogens is 200 g/mol. The van der Waals surface area contributed by atoms with Gasteiger partial charge in [-0.05, 0) is 26.0 Å². The number of pyridine rings is 1. The van der Waals surface area contributed by atoms with E-state index in [9.17, 15) is 0 Å². The first kappa shape index (κ1) is 10.9. The molecule has 0 radical (unpaired) electrons. The van der Waals surface area contributed by atoms with E-state index in [-0.39, 0.29) is 0 Å². The van der Waals surface area contributed by atoms with Gasteiger partial charge < -0.3 is 10.2 Å². The molecule has 0 aromatic carbocycles. The summed E-state index contributed by atoms with van der Waals surface area (Å²) in [6, 6.07) is 6.33. The van der Waals surface area contributed by atoms with E-state index >= 15 is 0 Å². The van der Waals surface area contributed by atoms with Gasteiger partial charge in [-0.2, -0.15) is 5.26 Å². The van der Waals surface area contributed by atoms with Crippen molar-refractivity contribution in [3.8, 4) is 6.07 Å². The first-order valence-electron chi connectivity index (χ1n) is 5.56. The van der Waals surface area contributed by atoms with Gasteiger partial charge in [-0.3, -0.25) is 0 Å². The summed E-state index contributed by atoms with van der Waals surface area (Å²) in [6.07, 6.45) is 0. The van der Waals surface area contributed by atoms with Gasteiger partial charge in [0, 0.05) is 31.4 Å². The Morgan fingerprint density at radius 2 is 2.38 bits per heavy atom. The molecule has 1 aliphatic rings. The van der Waals surface area contributed by atoms with Crippen molar-refractivity contribution >= 4 is 5.82 Å². The van der Waals surface area contributed by atoms with E-state index in [2.05, 4.69) is 28.2 Å². The van der Waals surface area contributed by atoms with Gasteiger partial charge in [-0.15, -0.1) is 0 Å². The van der Waals surface area contributed by atoms with Crippen LogP contribution in [0.3, 0.4) is 0 Å². The fourth-order valence-corrected chi connectivity index (χ4v) is 2.02. The highest BCUT2D eigenvalue weighted by Gasteiger charge is 2.17. The predicted octanol–water partition coefficient (Wildman–Crippen LogP) is 1.06. The Morgan fingerprint density at radius 1 is 1.56 bits per heavy atom. The van der Waals surface area contributed by atoms with Gasteiger partial charge in [0.25, 0.3) is 0 Å². The second kappa shape index (κ2) is 4.50. The third-order valence-electron chi connectivity index (χ3n) is 2.76. The molecule has 1 N–H and O–H groups in total. The van der Waals surface area contributed by atoms with Crippen LogP contribution >= 0.6 is 0 Å². The van der Waals surface area contributed by atoms with Crippen LogP contribution in [0.15, 0.2) is 12.1 Å². The lowest BCUT2D eigenvalue weighted by Crippen LogP contribution is -2.49. The van der Waals surface area contributed by atoms with E-state index in [4.69, 9.17) is 5.26 Å². The average molecular weight is 216 g/mol. The van der Waals surface area contributed by atoms with Crippen LogP contribution in [0.25, 0.3) is 0 Å². The van der Waals surface area contributed by atoms with Crippen LogP contribution in [-0.2, 0) is 0 Å². The molecule has 84 valence electrons. The summed E-state index contributed by atoms with van der Waals surface area (Å²) in [5.41, 5.74) is 1.59. The molecule has 4 nitrogen and oxygen atoms in total. The lowest BCUT2D eigenvalue weighted by atomic mass is 10.2. The van der Waals surface area contributed by atoms with Crippen molar-refractivity contribution in [2.75, 3.05) is 24.5 Å². The number of aryl methyl sites for hydroxylation is 1. The molecule has 0 unspecified atom stereocenters. The first-order valence-corrected chi connectivity index (χ1v) is 5.56. The molecule has 1 aromatic heterocycles. The number of rotatable bonds is 1. The molecule has 4 heteroatoms. The Bertz CT molecular complexity index is 422. The van der Waals surface area contributed by atoms with Crippen molar-refractivity contribution in [2.45, 2.75) is 19.9 Å². The fraction of sp³-hybridized carbons (Fsp3) is 0.500. The van der Waals surface area contributed by atoms with Crippen molar-refractivity contribution in [2.24, 2.45) is 0 Å². The van der Waals surface area contributed by atoms with Crippen molar-refractivity contribution in [1.29, 1.82) is 5.26 Å². The van der Waals surface area contributed by atoms with E-state index in [0.29, 0.717) is 11.6 Å². The van der Waals surface area contributed by atoms with Gasteiger partial charge in [-0.25, -0.2) is 4.98 Å². The maximum Gasteiger partial charge on any atom is 0.130 e. The lowest BCUT2D eigenvalue weighted by Gasteiger charge is -2.32. The Kier molecular flexibility index (Phi) is 3.07. The number of nitrogens with one attached hydrogen (secondary N) is 1. The highest BCUT2D eigenvalue weighted by molar-refractivity contribution is 5.47. The van der Waals surface area contributed by atoms with E-state index in [0.717, 1.165) is 31.1 Å². The molecular formula is C12H16N4. The molecule has 1 aromatic rings. The minimum atomic E-state index is 0.474. The smallest absolute Gasteiger partial charge is 0.130 e. The number of aromatic nitrogens is 1. The van der Waals surface area contributed by atoms with Gasteiger partial charge in [-0.1, -0.05) is 0 Å². The van der Waals surface area contributed by atoms with Crippen LogP contribution in [0.1, 0.15) is 18.2 Å².